The molecule has 0 spiro atoms. The first-order valence-corrected chi connectivity index (χ1v) is 4.52. The van der Waals surface area contributed by atoms with E-state index in [1.54, 1.807) is 0 Å². The van der Waals surface area contributed by atoms with E-state index in [2.05, 4.69) is 0 Å². The minimum Gasteiger partial charge on any atom is -0.481 e. The lowest BCUT2D eigenvalue weighted by Gasteiger charge is -2.14. The minimum absolute atomic E-state index is 0.00333. The van der Waals surface area contributed by atoms with Crippen LogP contribution in [-0.4, -0.2) is 22.7 Å². The van der Waals surface area contributed by atoms with Crippen LogP contribution < -0.4 is 5.73 Å². The van der Waals surface area contributed by atoms with Crippen LogP contribution in [0.3, 0.4) is 0 Å². The van der Waals surface area contributed by atoms with Gasteiger partial charge in [-0.2, -0.15) is 0 Å². The lowest BCUT2D eigenvalue weighted by atomic mass is 9.94. The summed E-state index contributed by atoms with van der Waals surface area (Å²) < 4.78 is 25.8. The molecule has 1 atom stereocenters. The summed E-state index contributed by atoms with van der Waals surface area (Å²) in [5.41, 5.74) is 5.26. The van der Waals surface area contributed by atoms with Crippen LogP contribution in [0, 0.1) is 11.6 Å². The minimum atomic E-state index is -1.25. The maximum absolute atomic E-state index is 13.0. The van der Waals surface area contributed by atoms with Crippen molar-refractivity contribution >= 4 is 5.97 Å². The number of aliphatic carboxylic acids is 1. The molecule has 1 aromatic carbocycles. The topological polar surface area (TPSA) is 83.6 Å². The highest BCUT2D eigenvalue weighted by molar-refractivity contribution is 5.77. The van der Waals surface area contributed by atoms with Crippen LogP contribution in [-0.2, 0) is 11.4 Å². The smallest absolute Gasteiger partial charge is 0.312 e. The molecule has 6 heteroatoms. The maximum atomic E-state index is 13.0. The quantitative estimate of drug-likeness (QED) is 0.708. The van der Waals surface area contributed by atoms with Crippen molar-refractivity contribution in [3.05, 3.63) is 34.9 Å². The first-order chi connectivity index (χ1) is 7.51. The van der Waals surface area contributed by atoms with Crippen molar-refractivity contribution in [3.8, 4) is 0 Å². The van der Waals surface area contributed by atoms with E-state index >= 15 is 0 Å². The number of hydrogen-bond donors (Lipinski definition) is 3. The molecule has 88 valence electrons. The van der Waals surface area contributed by atoms with Gasteiger partial charge in [0.2, 0.25) is 0 Å². The first kappa shape index (κ1) is 12.5. The zero-order valence-corrected chi connectivity index (χ0v) is 8.28. The molecule has 0 aliphatic rings. The van der Waals surface area contributed by atoms with Gasteiger partial charge in [-0.15, -0.1) is 0 Å². The van der Waals surface area contributed by atoms with E-state index in [4.69, 9.17) is 15.9 Å². The van der Waals surface area contributed by atoms with Crippen LogP contribution in [0.5, 0.6) is 0 Å². The molecule has 1 aromatic rings. The molecule has 0 fully saturated rings. The van der Waals surface area contributed by atoms with Crippen LogP contribution >= 0.6 is 0 Å². The van der Waals surface area contributed by atoms with Gasteiger partial charge in [0, 0.05) is 6.54 Å². The Morgan fingerprint density at radius 1 is 1.38 bits per heavy atom. The number of rotatable bonds is 4. The molecule has 4 N–H and O–H groups in total. The molecule has 0 saturated heterocycles. The first-order valence-electron chi connectivity index (χ1n) is 4.52. The molecule has 0 aliphatic heterocycles. The van der Waals surface area contributed by atoms with Crippen LogP contribution in [0.25, 0.3) is 0 Å². The van der Waals surface area contributed by atoms with Gasteiger partial charge in [-0.25, -0.2) is 8.78 Å². The summed E-state index contributed by atoms with van der Waals surface area (Å²) in [7, 11) is 0. The van der Waals surface area contributed by atoms with E-state index in [0.717, 1.165) is 12.1 Å². The van der Waals surface area contributed by atoms with Crippen molar-refractivity contribution in [1.29, 1.82) is 0 Å². The third kappa shape index (κ3) is 2.34. The Morgan fingerprint density at radius 2 is 1.94 bits per heavy atom. The summed E-state index contributed by atoms with van der Waals surface area (Å²) in [6, 6.07) is 1.53. The van der Waals surface area contributed by atoms with Gasteiger partial charge in [0.05, 0.1) is 12.5 Å². The Bertz CT molecular complexity index is 409. The molecular weight excluding hydrogens is 220 g/mol. The van der Waals surface area contributed by atoms with E-state index < -0.39 is 30.1 Å². The molecule has 0 aliphatic carbocycles. The van der Waals surface area contributed by atoms with Crippen LogP contribution in [0.15, 0.2) is 12.1 Å². The van der Waals surface area contributed by atoms with Crippen molar-refractivity contribution in [3.63, 3.8) is 0 Å². The monoisotopic (exact) mass is 231 g/mol. The Kier molecular flexibility index (Phi) is 3.92. The second-order valence-corrected chi connectivity index (χ2v) is 3.25. The number of halogens is 2. The summed E-state index contributed by atoms with van der Waals surface area (Å²) in [6.07, 6.45) is 0. The van der Waals surface area contributed by atoms with Crippen LogP contribution in [0.2, 0.25) is 0 Å². The zero-order valence-electron chi connectivity index (χ0n) is 8.28. The van der Waals surface area contributed by atoms with Crippen molar-refractivity contribution in [1.82, 2.24) is 0 Å². The second-order valence-electron chi connectivity index (χ2n) is 3.25. The molecule has 0 amide bonds. The molecule has 0 bridgehead atoms. The third-order valence-corrected chi connectivity index (χ3v) is 2.26. The third-order valence-electron chi connectivity index (χ3n) is 2.26. The normalized spacial score (nSPS) is 12.5. The fraction of sp³-hybridized carbons (Fsp3) is 0.300. The summed E-state index contributed by atoms with van der Waals surface area (Å²) in [5, 5.41) is 17.8. The van der Waals surface area contributed by atoms with Gasteiger partial charge in [-0.3, -0.25) is 4.79 Å². The lowest BCUT2D eigenvalue weighted by Crippen LogP contribution is -2.22. The molecular formula is C10H11F2NO3. The highest BCUT2D eigenvalue weighted by Crippen LogP contribution is 2.23. The number of carboxylic acid groups (broad SMARTS) is 1. The van der Waals surface area contributed by atoms with E-state index in [0.29, 0.717) is 0 Å². The van der Waals surface area contributed by atoms with Gasteiger partial charge in [-0.05, 0) is 23.3 Å². The number of carbonyl (C=O) groups is 1. The molecule has 0 saturated carbocycles. The summed E-state index contributed by atoms with van der Waals surface area (Å²) in [4.78, 5) is 10.8. The highest BCUT2D eigenvalue weighted by atomic mass is 19.2. The fourth-order valence-corrected chi connectivity index (χ4v) is 1.43. The van der Waals surface area contributed by atoms with E-state index in [1.807, 2.05) is 0 Å². The van der Waals surface area contributed by atoms with Gasteiger partial charge >= 0.3 is 5.97 Å². The Balaban J connectivity index is 3.30. The SMILES string of the molecule is NCC(C(=O)O)c1cc(F)c(F)cc1CO. The predicted molar refractivity (Wildman–Crippen MR) is 51.7 cm³/mol. The summed E-state index contributed by atoms with van der Waals surface area (Å²) in [5.74, 6) is -4.69. The standard InChI is InChI=1S/C10H11F2NO3/c11-8-1-5(4-14)6(2-9(8)12)7(3-13)10(15)16/h1-2,7,14H,3-4,13H2,(H,15,16). The molecule has 1 rings (SSSR count). The van der Waals surface area contributed by atoms with Crippen molar-refractivity contribution in [2.45, 2.75) is 12.5 Å². The molecule has 0 radical (unpaired) electrons. The summed E-state index contributed by atoms with van der Waals surface area (Å²) >= 11 is 0. The van der Waals surface area contributed by atoms with Gasteiger partial charge in [0.15, 0.2) is 11.6 Å². The van der Waals surface area contributed by atoms with Gasteiger partial charge in [0.25, 0.3) is 0 Å². The maximum Gasteiger partial charge on any atom is 0.312 e. The Labute approximate surface area is 90.3 Å². The van der Waals surface area contributed by atoms with Crippen molar-refractivity contribution < 1.29 is 23.8 Å². The van der Waals surface area contributed by atoms with Crippen molar-refractivity contribution in [2.24, 2.45) is 5.73 Å². The number of carboxylic acids is 1. The predicted octanol–water partition coefficient (Wildman–Crippen LogP) is 0.584. The highest BCUT2D eigenvalue weighted by Gasteiger charge is 2.22. The Morgan fingerprint density at radius 3 is 2.38 bits per heavy atom. The fourth-order valence-electron chi connectivity index (χ4n) is 1.43. The van der Waals surface area contributed by atoms with Crippen molar-refractivity contribution in [2.75, 3.05) is 6.54 Å². The number of hydrogen-bond acceptors (Lipinski definition) is 3. The van der Waals surface area contributed by atoms with Crippen LogP contribution in [0.4, 0.5) is 8.78 Å². The zero-order chi connectivity index (χ0) is 12.3. The number of aliphatic hydroxyl groups excluding tert-OH is 1. The van der Waals surface area contributed by atoms with Gasteiger partial charge in [-0.1, -0.05) is 0 Å². The number of benzene rings is 1. The Hall–Kier alpha value is -1.53. The second kappa shape index (κ2) is 5.00. The number of aliphatic hydroxyl groups is 1. The number of nitrogens with two attached hydrogens (primary N) is 1. The van der Waals surface area contributed by atoms with Crippen LogP contribution in [0.1, 0.15) is 17.0 Å². The molecule has 4 nitrogen and oxygen atoms in total. The largest absolute Gasteiger partial charge is 0.481 e. The lowest BCUT2D eigenvalue weighted by molar-refractivity contribution is -0.138. The van der Waals surface area contributed by atoms with E-state index in [1.165, 1.54) is 0 Å². The van der Waals surface area contributed by atoms with E-state index in [9.17, 15) is 13.6 Å². The average molecular weight is 231 g/mol. The van der Waals surface area contributed by atoms with E-state index in [-0.39, 0.29) is 17.7 Å². The van der Waals surface area contributed by atoms with Gasteiger partial charge < -0.3 is 15.9 Å². The van der Waals surface area contributed by atoms with Gasteiger partial charge in [0.1, 0.15) is 0 Å². The molecule has 1 unspecified atom stereocenters. The molecule has 0 heterocycles. The molecule has 16 heavy (non-hydrogen) atoms. The molecule has 0 aromatic heterocycles. The summed E-state index contributed by atoms with van der Waals surface area (Å²) in [6.45, 7) is -0.830. The average Bonchev–Trinajstić information content (AvgIpc) is 2.23.